The van der Waals surface area contributed by atoms with Gasteiger partial charge in [-0.05, 0) is 66.6 Å². The molecular weight excluding hydrogens is 405 g/mol. The molecule has 2 aliphatic rings. The summed E-state index contributed by atoms with van der Waals surface area (Å²) in [6, 6.07) is 8.24. The van der Waals surface area contributed by atoms with Gasteiger partial charge in [-0.2, -0.15) is 0 Å². The summed E-state index contributed by atoms with van der Waals surface area (Å²) in [5, 5.41) is 0.480. The Kier molecular flexibility index (Phi) is 5.01. The molecule has 1 aromatic heterocycles. The second-order valence-corrected chi connectivity index (χ2v) is 8.53. The van der Waals surface area contributed by atoms with Crippen molar-refractivity contribution in [2.24, 2.45) is 5.92 Å². The summed E-state index contributed by atoms with van der Waals surface area (Å²) in [6.07, 6.45) is 2.19. The van der Waals surface area contributed by atoms with E-state index in [9.17, 15) is 18.0 Å². The molecule has 1 atom stereocenters. The molecule has 1 saturated heterocycles. The number of amides is 1. The molecule has 1 aliphatic carbocycles. The van der Waals surface area contributed by atoms with Gasteiger partial charge in [0.15, 0.2) is 0 Å². The summed E-state index contributed by atoms with van der Waals surface area (Å²) in [5.41, 5.74) is 2.37. The van der Waals surface area contributed by atoms with Crippen LogP contribution in [0.3, 0.4) is 0 Å². The number of likely N-dealkylation sites (tertiary alicyclic amines) is 1. The van der Waals surface area contributed by atoms with Crippen molar-refractivity contribution < 1.29 is 22.7 Å². The predicted octanol–water partition coefficient (Wildman–Crippen LogP) is 4.99. The summed E-state index contributed by atoms with van der Waals surface area (Å²) in [7, 11) is 1.63. The van der Waals surface area contributed by atoms with E-state index < -0.39 is 11.6 Å². The number of hydrogen-bond donors (Lipinski definition) is 1. The molecule has 2 fully saturated rings. The van der Waals surface area contributed by atoms with Crippen LogP contribution in [0.15, 0.2) is 36.4 Å². The molecule has 1 aliphatic heterocycles. The van der Waals surface area contributed by atoms with Crippen LogP contribution in [0.1, 0.15) is 30.7 Å². The maximum atomic E-state index is 14.5. The molecule has 162 valence electrons. The normalized spacial score (nSPS) is 23.0. The Morgan fingerprint density at radius 2 is 1.87 bits per heavy atom. The van der Waals surface area contributed by atoms with Crippen molar-refractivity contribution in [3.63, 3.8) is 0 Å². The molecule has 1 unspecified atom stereocenters. The highest BCUT2D eigenvalue weighted by molar-refractivity contribution is 5.92. The highest BCUT2D eigenvalue weighted by atomic mass is 19.1. The van der Waals surface area contributed by atoms with Gasteiger partial charge in [0.05, 0.1) is 23.9 Å². The number of carbonyl (C=O) groups is 1. The number of carbonyl (C=O) groups excluding carboxylic acids is 1. The van der Waals surface area contributed by atoms with Crippen LogP contribution in [0, 0.1) is 23.4 Å². The monoisotopic (exact) mass is 428 g/mol. The molecule has 2 aromatic carbocycles. The first kappa shape index (κ1) is 20.1. The van der Waals surface area contributed by atoms with Crippen LogP contribution in [0.5, 0.6) is 0 Å². The summed E-state index contributed by atoms with van der Waals surface area (Å²) in [5.74, 6) is -1.66. The SMILES string of the molecule is COCC1CCN1C(=O)C1CC(c2c(-c3ccc(F)cc3)[nH]c3c(F)cc(F)cc23)C1. The van der Waals surface area contributed by atoms with Crippen molar-refractivity contribution in [1.82, 2.24) is 9.88 Å². The molecule has 0 radical (unpaired) electrons. The number of rotatable bonds is 5. The number of fused-ring (bicyclic) bond motifs is 1. The van der Waals surface area contributed by atoms with Crippen molar-refractivity contribution in [2.45, 2.75) is 31.2 Å². The minimum atomic E-state index is -0.667. The van der Waals surface area contributed by atoms with E-state index in [2.05, 4.69) is 4.98 Å². The number of benzene rings is 2. The van der Waals surface area contributed by atoms with Crippen LogP contribution >= 0.6 is 0 Å². The van der Waals surface area contributed by atoms with Crippen LogP contribution in [0.2, 0.25) is 0 Å². The van der Waals surface area contributed by atoms with Gasteiger partial charge in [0.25, 0.3) is 0 Å². The largest absolute Gasteiger partial charge is 0.383 e. The van der Waals surface area contributed by atoms with E-state index in [0.29, 0.717) is 36.1 Å². The Morgan fingerprint density at radius 1 is 1.13 bits per heavy atom. The lowest BCUT2D eigenvalue weighted by Gasteiger charge is -2.46. The van der Waals surface area contributed by atoms with Crippen LogP contribution in [-0.2, 0) is 9.53 Å². The Morgan fingerprint density at radius 3 is 2.52 bits per heavy atom. The zero-order valence-electron chi connectivity index (χ0n) is 17.1. The van der Waals surface area contributed by atoms with Crippen molar-refractivity contribution >= 4 is 16.8 Å². The molecule has 0 bridgehead atoms. The highest BCUT2D eigenvalue weighted by Crippen LogP contribution is 2.49. The fourth-order valence-electron chi connectivity index (χ4n) is 4.89. The van der Waals surface area contributed by atoms with Crippen molar-refractivity contribution in [3.8, 4) is 11.3 Å². The lowest BCUT2D eigenvalue weighted by Crippen LogP contribution is -2.56. The van der Waals surface area contributed by atoms with Gasteiger partial charge in [0.1, 0.15) is 17.5 Å². The van der Waals surface area contributed by atoms with Crippen LogP contribution in [-0.4, -0.2) is 42.1 Å². The number of aromatic nitrogens is 1. The van der Waals surface area contributed by atoms with Gasteiger partial charge < -0.3 is 14.6 Å². The molecule has 7 heteroatoms. The van der Waals surface area contributed by atoms with Crippen molar-refractivity contribution in [3.05, 3.63) is 59.4 Å². The Hall–Kier alpha value is -2.80. The highest BCUT2D eigenvalue weighted by Gasteiger charge is 2.43. The molecule has 3 aromatic rings. The zero-order valence-corrected chi connectivity index (χ0v) is 17.1. The van der Waals surface area contributed by atoms with E-state index in [-0.39, 0.29) is 35.1 Å². The zero-order chi connectivity index (χ0) is 21.7. The van der Waals surface area contributed by atoms with E-state index in [0.717, 1.165) is 24.6 Å². The maximum Gasteiger partial charge on any atom is 0.226 e. The fraction of sp³-hybridized carbons (Fsp3) is 0.375. The maximum absolute atomic E-state index is 14.5. The van der Waals surface area contributed by atoms with E-state index in [1.54, 1.807) is 19.2 Å². The predicted molar refractivity (Wildman–Crippen MR) is 111 cm³/mol. The molecule has 5 rings (SSSR count). The van der Waals surface area contributed by atoms with Gasteiger partial charge in [0, 0.05) is 31.0 Å². The van der Waals surface area contributed by atoms with Crippen LogP contribution in [0.25, 0.3) is 22.2 Å². The molecule has 31 heavy (non-hydrogen) atoms. The average molecular weight is 428 g/mol. The van der Waals surface area contributed by atoms with Gasteiger partial charge in [-0.15, -0.1) is 0 Å². The molecule has 0 spiro atoms. The lowest BCUT2D eigenvalue weighted by atomic mass is 9.69. The van der Waals surface area contributed by atoms with Gasteiger partial charge in [-0.1, -0.05) is 0 Å². The lowest BCUT2D eigenvalue weighted by molar-refractivity contribution is -0.148. The van der Waals surface area contributed by atoms with E-state index in [1.165, 1.54) is 18.2 Å². The summed E-state index contributed by atoms with van der Waals surface area (Å²) >= 11 is 0. The first-order valence-corrected chi connectivity index (χ1v) is 10.5. The third kappa shape index (κ3) is 3.41. The summed E-state index contributed by atoms with van der Waals surface area (Å²) in [4.78, 5) is 17.8. The molecule has 1 N–H and O–H groups in total. The fourth-order valence-corrected chi connectivity index (χ4v) is 4.89. The van der Waals surface area contributed by atoms with E-state index >= 15 is 0 Å². The van der Waals surface area contributed by atoms with Crippen LogP contribution < -0.4 is 0 Å². The van der Waals surface area contributed by atoms with Gasteiger partial charge in [-0.3, -0.25) is 4.79 Å². The number of aromatic amines is 1. The van der Waals surface area contributed by atoms with Gasteiger partial charge >= 0.3 is 0 Å². The van der Waals surface area contributed by atoms with E-state index in [1.807, 2.05) is 4.90 Å². The molecular formula is C24H23F3N2O2. The molecule has 4 nitrogen and oxygen atoms in total. The summed E-state index contributed by atoms with van der Waals surface area (Å²) in [6.45, 7) is 1.29. The van der Waals surface area contributed by atoms with Crippen molar-refractivity contribution in [2.75, 3.05) is 20.3 Å². The summed E-state index contributed by atoms with van der Waals surface area (Å²) < 4.78 is 47.1. The topological polar surface area (TPSA) is 45.3 Å². The Balaban J connectivity index is 1.46. The third-order valence-electron chi connectivity index (χ3n) is 6.68. The number of halogens is 3. The number of H-pyrrole nitrogens is 1. The average Bonchev–Trinajstić information content (AvgIpc) is 3.04. The number of nitrogens with one attached hydrogen (secondary N) is 1. The second-order valence-electron chi connectivity index (χ2n) is 8.53. The minimum absolute atomic E-state index is 0.00824. The molecule has 1 saturated carbocycles. The number of ether oxygens (including phenoxy) is 1. The quantitative estimate of drug-likeness (QED) is 0.622. The molecule has 1 amide bonds. The third-order valence-corrected chi connectivity index (χ3v) is 6.68. The van der Waals surface area contributed by atoms with Crippen LogP contribution in [0.4, 0.5) is 13.2 Å². The number of nitrogens with zero attached hydrogens (tertiary/aromatic N) is 1. The second kappa shape index (κ2) is 7.71. The minimum Gasteiger partial charge on any atom is -0.383 e. The Bertz CT molecular complexity index is 1140. The first-order chi connectivity index (χ1) is 15.0. The smallest absolute Gasteiger partial charge is 0.226 e. The number of methoxy groups -OCH3 is 1. The Labute approximate surface area is 178 Å². The standard InChI is InChI=1S/C24H23F3N2O2/c1-31-12-18-6-7-29(18)24(30)15-8-14(9-15)21-19-10-17(26)11-20(27)23(19)28-22(21)13-2-4-16(25)5-3-13/h2-5,10-11,14-15,18,28H,6-9,12H2,1H3. The first-order valence-electron chi connectivity index (χ1n) is 10.5. The van der Waals surface area contributed by atoms with Gasteiger partial charge in [-0.25, -0.2) is 13.2 Å². The van der Waals surface area contributed by atoms with Gasteiger partial charge in [0.2, 0.25) is 5.91 Å². The van der Waals surface area contributed by atoms with E-state index in [4.69, 9.17) is 4.74 Å². The van der Waals surface area contributed by atoms with Crippen molar-refractivity contribution in [1.29, 1.82) is 0 Å². The molecule has 2 heterocycles. The number of hydrogen-bond acceptors (Lipinski definition) is 2.